The fraction of sp³-hybridized carbons (Fsp3) is 0.600. The maximum atomic E-state index is 6.34. The van der Waals surface area contributed by atoms with E-state index >= 15 is 0 Å². The Morgan fingerprint density at radius 2 is 2.11 bits per heavy atom. The smallest absolute Gasteiger partial charge is 0.0654 e. The van der Waals surface area contributed by atoms with Crippen molar-refractivity contribution in [3.63, 3.8) is 0 Å². The molecule has 2 nitrogen and oxygen atoms in total. The van der Waals surface area contributed by atoms with Crippen molar-refractivity contribution < 1.29 is 0 Å². The fourth-order valence-corrected chi connectivity index (χ4v) is 3.22. The number of anilines is 1. The quantitative estimate of drug-likeness (QED) is 0.900. The van der Waals surface area contributed by atoms with Gasteiger partial charge in [0, 0.05) is 30.2 Å². The summed E-state index contributed by atoms with van der Waals surface area (Å²) in [5, 5.41) is 5.05. The van der Waals surface area contributed by atoms with Gasteiger partial charge < -0.3 is 10.2 Å². The van der Waals surface area contributed by atoms with Crippen LogP contribution in [0.25, 0.3) is 0 Å². The first-order valence-corrected chi connectivity index (χ1v) is 7.68. The number of nitrogens with zero attached hydrogens (tertiary/aromatic N) is 1. The molecular formula is C15H22Cl2N2. The summed E-state index contributed by atoms with van der Waals surface area (Å²) >= 11 is 12.3. The van der Waals surface area contributed by atoms with Gasteiger partial charge in [-0.15, -0.1) is 0 Å². The summed E-state index contributed by atoms with van der Waals surface area (Å²) in [6.07, 6.45) is 1.19. The lowest BCUT2D eigenvalue weighted by molar-refractivity contribution is 0.356. The van der Waals surface area contributed by atoms with Gasteiger partial charge in [0.05, 0.1) is 10.7 Å². The number of piperazine rings is 1. The molecule has 0 radical (unpaired) electrons. The van der Waals surface area contributed by atoms with E-state index in [0.717, 1.165) is 23.8 Å². The van der Waals surface area contributed by atoms with Crippen LogP contribution in [0.1, 0.15) is 27.2 Å². The molecular weight excluding hydrogens is 279 g/mol. The van der Waals surface area contributed by atoms with Crippen molar-refractivity contribution in [3.8, 4) is 0 Å². The summed E-state index contributed by atoms with van der Waals surface area (Å²) in [6.45, 7) is 8.75. The highest BCUT2D eigenvalue weighted by molar-refractivity contribution is 6.36. The maximum absolute atomic E-state index is 6.34. The Morgan fingerprint density at radius 3 is 2.74 bits per heavy atom. The van der Waals surface area contributed by atoms with Crippen molar-refractivity contribution in [1.82, 2.24) is 5.32 Å². The van der Waals surface area contributed by atoms with E-state index in [1.807, 2.05) is 18.2 Å². The van der Waals surface area contributed by atoms with Gasteiger partial charge in [0.25, 0.3) is 0 Å². The van der Waals surface area contributed by atoms with Crippen molar-refractivity contribution >= 4 is 28.9 Å². The van der Waals surface area contributed by atoms with Gasteiger partial charge in [-0.05, 0) is 37.5 Å². The van der Waals surface area contributed by atoms with Crippen LogP contribution >= 0.6 is 23.2 Å². The molecule has 0 aromatic heterocycles. The number of nitrogens with one attached hydrogen (secondary N) is 1. The minimum Gasteiger partial charge on any atom is -0.365 e. The van der Waals surface area contributed by atoms with E-state index in [1.54, 1.807) is 0 Å². The van der Waals surface area contributed by atoms with Crippen molar-refractivity contribution in [2.75, 3.05) is 18.0 Å². The molecule has 1 aromatic carbocycles. The van der Waals surface area contributed by atoms with Crippen LogP contribution in [-0.4, -0.2) is 25.2 Å². The average Bonchev–Trinajstić information content (AvgIpc) is 2.31. The summed E-state index contributed by atoms with van der Waals surface area (Å²) in [5.74, 6) is 0.702. The number of hydrogen-bond acceptors (Lipinski definition) is 2. The van der Waals surface area contributed by atoms with Crippen LogP contribution in [0.3, 0.4) is 0 Å². The lowest BCUT2D eigenvalue weighted by atomic mass is 9.99. The summed E-state index contributed by atoms with van der Waals surface area (Å²) in [7, 11) is 0. The van der Waals surface area contributed by atoms with Crippen molar-refractivity contribution in [1.29, 1.82) is 0 Å². The van der Waals surface area contributed by atoms with Gasteiger partial charge >= 0.3 is 0 Å². The molecule has 1 aromatic rings. The van der Waals surface area contributed by atoms with E-state index in [2.05, 4.69) is 31.0 Å². The van der Waals surface area contributed by atoms with Crippen LogP contribution in [-0.2, 0) is 0 Å². The van der Waals surface area contributed by atoms with Gasteiger partial charge in [-0.25, -0.2) is 0 Å². The van der Waals surface area contributed by atoms with Crippen molar-refractivity contribution in [3.05, 3.63) is 28.2 Å². The second-order valence-corrected chi connectivity index (χ2v) is 6.68. The van der Waals surface area contributed by atoms with Gasteiger partial charge in [0.2, 0.25) is 0 Å². The zero-order valence-electron chi connectivity index (χ0n) is 11.8. The molecule has 2 atom stereocenters. The first-order valence-electron chi connectivity index (χ1n) is 6.92. The molecule has 0 saturated carbocycles. The molecule has 1 saturated heterocycles. The van der Waals surface area contributed by atoms with Crippen molar-refractivity contribution in [2.45, 2.75) is 39.3 Å². The van der Waals surface area contributed by atoms with E-state index in [1.165, 1.54) is 6.42 Å². The highest BCUT2D eigenvalue weighted by Gasteiger charge is 2.26. The zero-order chi connectivity index (χ0) is 14.0. The van der Waals surface area contributed by atoms with Crippen LogP contribution in [0, 0.1) is 5.92 Å². The molecule has 2 unspecified atom stereocenters. The average molecular weight is 301 g/mol. The SMILES string of the molecule is CC(C)CC1CN(c2ccc(Cl)cc2Cl)C(C)CN1. The highest BCUT2D eigenvalue weighted by atomic mass is 35.5. The second-order valence-electron chi connectivity index (χ2n) is 5.83. The van der Waals surface area contributed by atoms with E-state index in [4.69, 9.17) is 23.2 Å². The molecule has 0 spiro atoms. The standard InChI is InChI=1S/C15H22Cl2N2/c1-10(2)6-13-9-19(11(3)8-18-13)15-5-4-12(16)7-14(15)17/h4-5,7,10-11,13,18H,6,8-9H2,1-3H3. The fourth-order valence-electron chi connectivity index (χ4n) is 2.71. The first kappa shape index (κ1) is 15.0. The molecule has 2 rings (SSSR count). The van der Waals surface area contributed by atoms with Gasteiger partial charge in [-0.2, -0.15) is 0 Å². The maximum Gasteiger partial charge on any atom is 0.0654 e. The summed E-state index contributed by atoms with van der Waals surface area (Å²) < 4.78 is 0. The Labute approximate surface area is 126 Å². The zero-order valence-corrected chi connectivity index (χ0v) is 13.3. The number of hydrogen-bond donors (Lipinski definition) is 1. The Morgan fingerprint density at radius 1 is 1.37 bits per heavy atom. The molecule has 19 heavy (non-hydrogen) atoms. The molecule has 1 heterocycles. The molecule has 4 heteroatoms. The van der Waals surface area contributed by atoms with Gasteiger partial charge in [0.1, 0.15) is 0 Å². The minimum atomic E-state index is 0.446. The Bertz CT molecular complexity index is 434. The van der Waals surface area contributed by atoms with Crippen LogP contribution in [0.5, 0.6) is 0 Å². The molecule has 1 N–H and O–H groups in total. The third-order valence-corrected chi connectivity index (χ3v) is 4.16. The largest absolute Gasteiger partial charge is 0.365 e. The number of benzene rings is 1. The normalized spacial score (nSPS) is 24.0. The number of rotatable bonds is 3. The second kappa shape index (κ2) is 6.34. The van der Waals surface area contributed by atoms with Crippen molar-refractivity contribution in [2.24, 2.45) is 5.92 Å². The van der Waals surface area contributed by atoms with E-state index < -0.39 is 0 Å². The lowest BCUT2D eigenvalue weighted by Crippen LogP contribution is -2.56. The predicted molar refractivity (Wildman–Crippen MR) is 84.5 cm³/mol. The minimum absolute atomic E-state index is 0.446. The van der Waals surface area contributed by atoms with E-state index in [-0.39, 0.29) is 0 Å². The van der Waals surface area contributed by atoms with Gasteiger partial charge in [-0.3, -0.25) is 0 Å². The summed E-state index contributed by atoms with van der Waals surface area (Å²) in [4.78, 5) is 2.39. The third-order valence-electron chi connectivity index (χ3n) is 3.63. The molecule has 0 amide bonds. The lowest BCUT2D eigenvalue weighted by Gasteiger charge is -2.41. The third kappa shape index (κ3) is 3.77. The predicted octanol–water partition coefficient (Wildman–Crippen LogP) is 4.21. The van der Waals surface area contributed by atoms with Crippen LogP contribution < -0.4 is 10.2 Å². The van der Waals surface area contributed by atoms with Crippen LogP contribution in [0.15, 0.2) is 18.2 Å². The van der Waals surface area contributed by atoms with E-state index in [0.29, 0.717) is 23.0 Å². The number of halogens is 2. The molecule has 1 aliphatic heterocycles. The molecule has 0 bridgehead atoms. The van der Waals surface area contributed by atoms with Crippen LogP contribution in [0.2, 0.25) is 10.0 Å². The Kier molecular flexibility index (Phi) is 4.99. The topological polar surface area (TPSA) is 15.3 Å². The molecule has 106 valence electrons. The molecule has 1 fully saturated rings. The van der Waals surface area contributed by atoms with Gasteiger partial charge in [0.15, 0.2) is 0 Å². The summed E-state index contributed by atoms with van der Waals surface area (Å²) in [5.41, 5.74) is 1.09. The summed E-state index contributed by atoms with van der Waals surface area (Å²) in [6, 6.07) is 6.74. The van der Waals surface area contributed by atoms with Gasteiger partial charge in [-0.1, -0.05) is 37.0 Å². The Balaban J connectivity index is 2.16. The first-order chi connectivity index (χ1) is 8.97. The molecule has 0 aliphatic carbocycles. The highest BCUT2D eigenvalue weighted by Crippen LogP contribution is 2.31. The van der Waals surface area contributed by atoms with Crippen LogP contribution in [0.4, 0.5) is 5.69 Å². The Hall–Kier alpha value is -0.440. The monoisotopic (exact) mass is 300 g/mol. The van der Waals surface area contributed by atoms with E-state index in [9.17, 15) is 0 Å². The molecule has 1 aliphatic rings.